The molecule has 8 heavy (non-hydrogen) atoms. The van der Waals surface area contributed by atoms with E-state index in [1.54, 1.807) is 12.3 Å². The molecule has 0 fully saturated rings. The molecular weight excluding hydrogens is 238 g/mol. The number of hydrogen-bond donors (Lipinski definition) is 0. The summed E-state index contributed by atoms with van der Waals surface area (Å²) in [7, 11) is 0. The summed E-state index contributed by atoms with van der Waals surface area (Å²) in [5.41, 5.74) is 0. The Morgan fingerprint density at radius 2 is 2.38 bits per heavy atom. The monoisotopic (exact) mass is 240 g/mol. The Hall–Kier alpha value is 0.1000. The highest BCUT2D eigenvalue weighted by Crippen LogP contribution is 2.06. The van der Waals surface area contributed by atoms with Gasteiger partial charge in [-0.1, -0.05) is 11.6 Å². The summed E-state index contributed by atoms with van der Waals surface area (Å²) in [5.74, 6) is 0. The molecule has 1 aromatic rings. The Balaban J connectivity index is 3.08. The summed E-state index contributed by atoms with van der Waals surface area (Å²) in [4.78, 5) is 0. The maximum Gasteiger partial charge on any atom is 0.152 e. The molecule has 0 bridgehead atoms. The lowest BCUT2D eigenvalue weighted by atomic mass is 10.6. The molecule has 1 heterocycles. The van der Waals surface area contributed by atoms with Gasteiger partial charge in [0.2, 0.25) is 0 Å². The van der Waals surface area contributed by atoms with Gasteiger partial charge in [0.05, 0.1) is 6.20 Å². The molecule has 0 spiro atoms. The lowest BCUT2D eigenvalue weighted by Gasteiger charge is -1.84. The van der Waals surface area contributed by atoms with E-state index in [2.05, 4.69) is 32.8 Å². The molecule has 0 amide bonds. The molecule has 1 rings (SSSR count). The van der Waals surface area contributed by atoms with Crippen LogP contribution >= 0.6 is 34.2 Å². The number of hydrogen-bond acceptors (Lipinski definition) is 2. The molecule has 0 radical (unpaired) electrons. The van der Waals surface area contributed by atoms with Gasteiger partial charge in [0.1, 0.15) is 0 Å². The molecule has 0 aliphatic heterocycles. The predicted molar refractivity (Wildman–Crippen MR) is 39.8 cm³/mol. The van der Waals surface area contributed by atoms with Crippen LogP contribution < -0.4 is 0 Å². The van der Waals surface area contributed by atoms with Crippen molar-refractivity contribution in [3.05, 3.63) is 21.0 Å². The molecule has 0 atom stereocenters. The lowest BCUT2D eigenvalue weighted by Crippen LogP contribution is -1.80. The van der Waals surface area contributed by atoms with Crippen molar-refractivity contribution in [2.45, 2.75) is 0 Å². The minimum Gasteiger partial charge on any atom is -0.157 e. The summed E-state index contributed by atoms with van der Waals surface area (Å²) >= 11 is 7.59. The SMILES string of the molecule is Clc1cc(I)cnn1. The summed E-state index contributed by atoms with van der Waals surface area (Å²) < 4.78 is 1.00. The molecule has 4 heteroatoms. The molecule has 0 unspecified atom stereocenters. The Morgan fingerprint density at radius 1 is 1.62 bits per heavy atom. The molecule has 1 aromatic heterocycles. The third-order valence-electron chi connectivity index (χ3n) is 0.591. The normalized spacial score (nSPS) is 9.25. The van der Waals surface area contributed by atoms with Gasteiger partial charge in [-0.3, -0.25) is 0 Å². The Labute approximate surface area is 65.4 Å². The van der Waals surface area contributed by atoms with Crippen molar-refractivity contribution >= 4 is 34.2 Å². The van der Waals surface area contributed by atoms with Gasteiger partial charge in [0, 0.05) is 3.57 Å². The quantitative estimate of drug-likeness (QED) is 0.646. The van der Waals surface area contributed by atoms with Gasteiger partial charge in [-0.15, -0.1) is 5.10 Å². The van der Waals surface area contributed by atoms with Gasteiger partial charge in [0.25, 0.3) is 0 Å². The zero-order valence-corrected chi connectivity index (χ0v) is 6.72. The zero-order chi connectivity index (χ0) is 5.98. The standard InChI is InChI=1S/C4H2ClIN2/c5-4-1-3(6)2-7-8-4/h1-2H. The van der Waals surface area contributed by atoms with Crippen molar-refractivity contribution in [1.29, 1.82) is 0 Å². The summed E-state index contributed by atoms with van der Waals surface area (Å²) in [6.45, 7) is 0. The number of rotatable bonds is 0. The largest absolute Gasteiger partial charge is 0.157 e. The van der Waals surface area contributed by atoms with E-state index in [4.69, 9.17) is 11.6 Å². The highest BCUT2D eigenvalue weighted by atomic mass is 127. The highest BCUT2D eigenvalue weighted by Gasteiger charge is 1.87. The first-order chi connectivity index (χ1) is 3.79. The lowest BCUT2D eigenvalue weighted by molar-refractivity contribution is 1.02. The number of aromatic nitrogens is 2. The van der Waals surface area contributed by atoms with Crippen molar-refractivity contribution in [3.63, 3.8) is 0 Å². The van der Waals surface area contributed by atoms with Crippen LogP contribution in [0.3, 0.4) is 0 Å². The number of nitrogens with zero attached hydrogens (tertiary/aromatic N) is 2. The van der Waals surface area contributed by atoms with E-state index in [0.717, 1.165) is 3.57 Å². The molecule has 0 saturated carbocycles. The highest BCUT2D eigenvalue weighted by molar-refractivity contribution is 14.1. The van der Waals surface area contributed by atoms with Crippen molar-refractivity contribution in [2.75, 3.05) is 0 Å². The van der Waals surface area contributed by atoms with Gasteiger partial charge in [0.15, 0.2) is 5.15 Å². The molecule has 0 aliphatic carbocycles. The minimum absolute atomic E-state index is 0.442. The van der Waals surface area contributed by atoms with Crippen LogP contribution in [0, 0.1) is 3.57 Å². The summed E-state index contributed by atoms with van der Waals surface area (Å²) in [6.07, 6.45) is 1.65. The Kier molecular flexibility index (Phi) is 2.01. The van der Waals surface area contributed by atoms with Crippen molar-refractivity contribution in [2.24, 2.45) is 0 Å². The van der Waals surface area contributed by atoms with E-state index in [0.29, 0.717) is 5.15 Å². The maximum absolute atomic E-state index is 5.47. The average molecular weight is 240 g/mol. The van der Waals surface area contributed by atoms with E-state index in [1.165, 1.54) is 0 Å². The van der Waals surface area contributed by atoms with E-state index in [-0.39, 0.29) is 0 Å². The second-order valence-electron chi connectivity index (χ2n) is 1.20. The molecule has 0 N–H and O–H groups in total. The first kappa shape index (κ1) is 6.22. The molecule has 42 valence electrons. The minimum atomic E-state index is 0.442. The van der Waals surface area contributed by atoms with Crippen LogP contribution in [0.4, 0.5) is 0 Å². The van der Waals surface area contributed by atoms with Gasteiger partial charge < -0.3 is 0 Å². The van der Waals surface area contributed by atoms with Crippen LogP contribution in [-0.4, -0.2) is 10.2 Å². The van der Waals surface area contributed by atoms with Crippen LogP contribution in [-0.2, 0) is 0 Å². The molecule has 2 nitrogen and oxygen atoms in total. The molecule has 0 saturated heterocycles. The number of halogens is 2. The fraction of sp³-hybridized carbons (Fsp3) is 0. The molecule has 0 aliphatic rings. The first-order valence-corrected chi connectivity index (χ1v) is 3.38. The van der Waals surface area contributed by atoms with E-state index >= 15 is 0 Å². The molecule has 0 aromatic carbocycles. The third-order valence-corrected chi connectivity index (χ3v) is 1.37. The van der Waals surface area contributed by atoms with E-state index in [9.17, 15) is 0 Å². The second-order valence-corrected chi connectivity index (χ2v) is 2.83. The van der Waals surface area contributed by atoms with Crippen LogP contribution in [0.25, 0.3) is 0 Å². The van der Waals surface area contributed by atoms with Crippen LogP contribution in [0.2, 0.25) is 5.15 Å². The fourth-order valence-electron chi connectivity index (χ4n) is 0.319. The fourth-order valence-corrected chi connectivity index (χ4v) is 1.08. The van der Waals surface area contributed by atoms with Crippen molar-refractivity contribution in [3.8, 4) is 0 Å². The summed E-state index contributed by atoms with van der Waals surface area (Å²) in [6, 6.07) is 1.75. The van der Waals surface area contributed by atoms with Crippen molar-refractivity contribution < 1.29 is 0 Å². The maximum atomic E-state index is 5.47. The van der Waals surface area contributed by atoms with Gasteiger partial charge in [-0.2, -0.15) is 5.10 Å². The van der Waals surface area contributed by atoms with Crippen LogP contribution in [0.1, 0.15) is 0 Å². The average Bonchev–Trinajstić information content (AvgIpc) is 1.64. The molecular formula is C4H2ClIN2. The first-order valence-electron chi connectivity index (χ1n) is 1.93. The van der Waals surface area contributed by atoms with Gasteiger partial charge in [-0.25, -0.2) is 0 Å². The van der Waals surface area contributed by atoms with Crippen molar-refractivity contribution in [1.82, 2.24) is 10.2 Å². The Bertz CT molecular complexity index is 174. The summed E-state index contributed by atoms with van der Waals surface area (Å²) in [5, 5.41) is 7.59. The van der Waals surface area contributed by atoms with Crippen LogP contribution in [0.5, 0.6) is 0 Å². The second kappa shape index (κ2) is 2.59. The van der Waals surface area contributed by atoms with Gasteiger partial charge >= 0.3 is 0 Å². The van der Waals surface area contributed by atoms with E-state index in [1.807, 2.05) is 0 Å². The zero-order valence-electron chi connectivity index (χ0n) is 3.81. The van der Waals surface area contributed by atoms with E-state index < -0.39 is 0 Å². The Morgan fingerprint density at radius 3 is 2.75 bits per heavy atom. The topological polar surface area (TPSA) is 25.8 Å². The smallest absolute Gasteiger partial charge is 0.152 e. The third kappa shape index (κ3) is 1.56. The predicted octanol–water partition coefficient (Wildman–Crippen LogP) is 1.73. The van der Waals surface area contributed by atoms with Crippen LogP contribution in [0.15, 0.2) is 12.3 Å². The van der Waals surface area contributed by atoms with Gasteiger partial charge in [-0.05, 0) is 28.7 Å².